The summed E-state index contributed by atoms with van der Waals surface area (Å²) >= 11 is 0. The van der Waals surface area contributed by atoms with Crippen LogP contribution in [0.1, 0.15) is 79.1 Å². The number of aryl methyl sites for hydroxylation is 1. The molecule has 3 atom stereocenters. The average Bonchev–Trinajstić information content (AvgIpc) is 3.79. The highest BCUT2D eigenvalue weighted by Crippen LogP contribution is 2.51. The van der Waals surface area contributed by atoms with Crippen LogP contribution in [-0.2, 0) is 46.4 Å². The standard InChI is InChI=1S/C35H41FN6O7/c1-4-18-20-9-26-31-21(13-42(26)32(45)22(20)14-49-33(18)46)30-24(6-5-19-17(2)23(36)10-25(40-31)29(19)30)41-34(47)35(7-8-35)15-48-16-39-28(44)12-38-27(43)11-37-3/h10,18,24,26,37H,4-9,11-16H2,1-3H3,(H,38,43)(H,39,44)(H,41,47). The maximum atomic E-state index is 15.2. The Labute approximate surface area is 282 Å². The van der Waals surface area contributed by atoms with E-state index in [1.807, 2.05) is 6.92 Å². The van der Waals surface area contributed by atoms with E-state index in [4.69, 9.17) is 14.5 Å². The second-order valence-corrected chi connectivity index (χ2v) is 13.7. The van der Waals surface area contributed by atoms with Gasteiger partial charge in [-0.15, -0.1) is 0 Å². The second kappa shape index (κ2) is 12.8. The fourth-order valence-electron chi connectivity index (χ4n) is 7.92. The number of nitrogens with zero attached hydrogens (tertiary/aromatic N) is 2. The van der Waals surface area contributed by atoms with E-state index in [-0.39, 0.29) is 62.5 Å². The Morgan fingerprint density at radius 2 is 1.92 bits per heavy atom. The predicted molar refractivity (Wildman–Crippen MR) is 173 cm³/mol. The highest BCUT2D eigenvalue weighted by Gasteiger charge is 2.52. The van der Waals surface area contributed by atoms with Gasteiger partial charge in [-0.25, -0.2) is 4.39 Å². The number of cyclic esters (lactones) is 1. The number of nitrogens with one attached hydrogen (secondary N) is 4. The van der Waals surface area contributed by atoms with Gasteiger partial charge in [-0.1, -0.05) is 6.92 Å². The van der Waals surface area contributed by atoms with Crippen LogP contribution in [0.25, 0.3) is 10.9 Å². The maximum absolute atomic E-state index is 15.2. The molecule has 1 saturated carbocycles. The van der Waals surface area contributed by atoms with Crippen LogP contribution >= 0.6 is 0 Å². The number of carbonyl (C=O) groups excluding carboxylic acids is 5. The summed E-state index contributed by atoms with van der Waals surface area (Å²) in [6, 6.07) is 0.654. The molecule has 14 heteroatoms. The van der Waals surface area contributed by atoms with E-state index >= 15 is 4.39 Å². The van der Waals surface area contributed by atoms with E-state index in [1.165, 1.54) is 6.07 Å². The number of carbonyl (C=O) groups is 5. The molecular formula is C35H41FN6O7. The lowest BCUT2D eigenvalue weighted by molar-refractivity contribution is -0.149. The van der Waals surface area contributed by atoms with Gasteiger partial charge in [-0.2, -0.15) is 0 Å². The summed E-state index contributed by atoms with van der Waals surface area (Å²) in [5.41, 5.74) is 4.96. The van der Waals surface area contributed by atoms with Crippen molar-refractivity contribution in [3.8, 4) is 0 Å². The Bertz CT molecular complexity index is 1820. The molecule has 0 radical (unpaired) electrons. The van der Waals surface area contributed by atoms with Gasteiger partial charge in [-0.05, 0) is 74.8 Å². The van der Waals surface area contributed by atoms with Crippen molar-refractivity contribution in [1.29, 1.82) is 0 Å². The zero-order chi connectivity index (χ0) is 34.6. The van der Waals surface area contributed by atoms with Gasteiger partial charge in [0.15, 0.2) is 0 Å². The first-order chi connectivity index (χ1) is 23.6. The molecule has 3 unspecified atom stereocenters. The minimum absolute atomic E-state index is 0.0420. The highest BCUT2D eigenvalue weighted by atomic mass is 19.1. The summed E-state index contributed by atoms with van der Waals surface area (Å²) in [5.74, 6) is -2.18. The number of amides is 4. The Kier molecular flexibility index (Phi) is 8.64. The maximum Gasteiger partial charge on any atom is 0.313 e. The molecule has 5 aliphatic rings. The zero-order valence-electron chi connectivity index (χ0n) is 27.9. The van der Waals surface area contributed by atoms with Crippen LogP contribution in [0.2, 0.25) is 0 Å². The van der Waals surface area contributed by atoms with Crippen molar-refractivity contribution in [2.24, 2.45) is 11.3 Å². The van der Waals surface area contributed by atoms with Crippen molar-refractivity contribution in [3.63, 3.8) is 0 Å². The molecule has 260 valence electrons. The van der Waals surface area contributed by atoms with Crippen LogP contribution in [0.15, 0.2) is 17.2 Å². The molecule has 4 N–H and O–H groups in total. The van der Waals surface area contributed by atoms with E-state index in [1.54, 1.807) is 18.9 Å². The molecule has 49 heavy (non-hydrogen) atoms. The zero-order valence-corrected chi connectivity index (χ0v) is 27.9. The Morgan fingerprint density at radius 1 is 1.14 bits per heavy atom. The molecule has 0 spiro atoms. The largest absolute Gasteiger partial charge is 0.460 e. The Morgan fingerprint density at radius 3 is 2.65 bits per heavy atom. The van der Waals surface area contributed by atoms with E-state index in [0.717, 1.165) is 27.6 Å². The fraction of sp³-hybridized carbons (Fsp3) is 0.543. The van der Waals surface area contributed by atoms with Crippen molar-refractivity contribution in [3.05, 3.63) is 51.0 Å². The lowest BCUT2D eigenvalue weighted by Gasteiger charge is -2.37. The van der Waals surface area contributed by atoms with Crippen molar-refractivity contribution >= 4 is 40.5 Å². The van der Waals surface area contributed by atoms with E-state index in [9.17, 15) is 24.0 Å². The number of aromatic nitrogens is 1. The topological polar surface area (TPSA) is 168 Å². The SMILES string of the molecule is CCC1C(=O)OCC2=C1CC1c3nc4cc(F)c(C)c5c4c(c3CN1C2=O)C(NC(=O)C1(COCNC(=O)CNC(=O)CNC)CC1)CC5. The molecule has 1 fully saturated rings. The van der Waals surface area contributed by atoms with Crippen molar-refractivity contribution in [1.82, 2.24) is 31.2 Å². The van der Waals surface area contributed by atoms with Gasteiger partial charge in [0.05, 0.1) is 59.9 Å². The molecule has 1 aromatic carbocycles. The molecule has 2 aliphatic carbocycles. The van der Waals surface area contributed by atoms with Crippen LogP contribution in [0, 0.1) is 24.1 Å². The molecular weight excluding hydrogens is 635 g/mol. The fourth-order valence-corrected chi connectivity index (χ4v) is 7.92. The summed E-state index contributed by atoms with van der Waals surface area (Å²) in [5, 5.41) is 11.9. The average molecular weight is 677 g/mol. The van der Waals surface area contributed by atoms with Crippen LogP contribution in [0.3, 0.4) is 0 Å². The first-order valence-corrected chi connectivity index (χ1v) is 17.0. The number of halogens is 1. The van der Waals surface area contributed by atoms with Crippen molar-refractivity contribution in [2.45, 2.75) is 71.0 Å². The van der Waals surface area contributed by atoms with Gasteiger partial charge in [0.25, 0.3) is 5.91 Å². The third-order valence-electron chi connectivity index (χ3n) is 10.8. The first kappa shape index (κ1) is 33.1. The number of likely N-dealkylation sites (N-methyl/N-ethyl adjacent to an activating group) is 1. The van der Waals surface area contributed by atoms with E-state index in [0.29, 0.717) is 67.4 Å². The number of esters is 1. The first-order valence-electron chi connectivity index (χ1n) is 17.0. The summed E-state index contributed by atoms with van der Waals surface area (Å²) in [4.78, 5) is 70.8. The summed E-state index contributed by atoms with van der Waals surface area (Å²) in [6.45, 7) is 3.85. The monoisotopic (exact) mass is 676 g/mol. The summed E-state index contributed by atoms with van der Waals surface area (Å²) in [7, 11) is 1.63. The number of hydrogen-bond acceptors (Lipinski definition) is 9. The van der Waals surface area contributed by atoms with Crippen LogP contribution in [-0.4, -0.2) is 79.6 Å². The van der Waals surface area contributed by atoms with Gasteiger partial charge < -0.3 is 35.6 Å². The lowest BCUT2D eigenvalue weighted by atomic mass is 9.80. The van der Waals surface area contributed by atoms with Gasteiger partial charge in [0, 0.05) is 23.6 Å². The second-order valence-electron chi connectivity index (χ2n) is 13.7. The van der Waals surface area contributed by atoms with Crippen molar-refractivity contribution < 1.29 is 37.8 Å². The summed E-state index contributed by atoms with van der Waals surface area (Å²) < 4.78 is 26.3. The Hall–Kier alpha value is -4.43. The van der Waals surface area contributed by atoms with Gasteiger partial charge in [-0.3, -0.25) is 29.0 Å². The van der Waals surface area contributed by atoms with E-state index in [2.05, 4.69) is 21.3 Å². The van der Waals surface area contributed by atoms with Gasteiger partial charge in [0.2, 0.25) is 17.7 Å². The quantitative estimate of drug-likeness (QED) is 0.157. The number of ether oxygens (including phenoxy) is 2. The predicted octanol–water partition coefficient (Wildman–Crippen LogP) is 1.66. The van der Waals surface area contributed by atoms with Crippen molar-refractivity contribution in [2.75, 3.05) is 40.1 Å². The molecule has 7 rings (SSSR count). The summed E-state index contributed by atoms with van der Waals surface area (Å²) in [6.07, 6.45) is 3.34. The molecule has 3 aliphatic heterocycles. The van der Waals surface area contributed by atoms with Crippen LogP contribution in [0.5, 0.6) is 0 Å². The highest BCUT2D eigenvalue weighted by molar-refractivity contribution is 6.00. The smallest absolute Gasteiger partial charge is 0.313 e. The molecule has 4 amide bonds. The lowest BCUT2D eigenvalue weighted by Crippen LogP contribution is -2.42. The minimum Gasteiger partial charge on any atom is -0.460 e. The molecule has 4 heterocycles. The molecule has 1 aromatic heterocycles. The number of pyridine rings is 1. The number of rotatable bonds is 11. The molecule has 0 saturated heterocycles. The molecule has 2 aromatic rings. The number of hydrogen-bond donors (Lipinski definition) is 4. The molecule has 13 nitrogen and oxygen atoms in total. The Balaban J connectivity index is 1.12. The van der Waals surface area contributed by atoms with E-state index < -0.39 is 29.3 Å². The molecule has 0 bridgehead atoms. The minimum atomic E-state index is -0.738. The number of benzene rings is 1. The third kappa shape index (κ3) is 5.74. The van der Waals surface area contributed by atoms with Crippen LogP contribution in [0.4, 0.5) is 4.39 Å². The third-order valence-corrected chi connectivity index (χ3v) is 10.8. The van der Waals surface area contributed by atoms with Gasteiger partial charge in [0.1, 0.15) is 19.2 Å². The van der Waals surface area contributed by atoms with Crippen LogP contribution < -0.4 is 21.3 Å². The normalized spacial score (nSPS) is 23.0. The van der Waals surface area contributed by atoms with Gasteiger partial charge >= 0.3 is 5.97 Å². The number of fused-ring (bicyclic) bond motifs is 4.